The molecule has 10 nitrogen and oxygen atoms in total. The van der Waals surface area contributed by atoms with Crippen LogP contribution in [0.5, 0.6) is 0 Å². The highest BCUT2D eigenvalue weighted by Gasteiger charge is 2.50. The van der Waals surface area contributed by atoms with Crippen molar-refractivity contribution >= 4 is 34.5 Å². The maximum atomic E-state index is 14.0. The number of nitrogens with one attached hydrogen (secondary N) is 4. The molecule has 3 aromatic rings. The van der Waals surface area contributed by atoms with E-state index in [9.17, 15) is 24.3 Å². The Labute approximate surface area is 244 Å². The van der Waals surface area contributed by atoms with Crippen LogP contribution in [0.1, 0.15) is 48.2 Å². The highest BCUT2D eigenvalue weighted by Crippen LogP contribution is 2.43. The first-order chi connectivity index (χ1) is 20.4. The Balaban J connectivity index is 1.21. The lowest BCUT2D eigenvalue weighted by atomic mass is 9.91. The number of aromatic nitrogens is 1. The third-order valence-corrected chi connectivity index (χ3v) is 9.17. The van der Waals surface area contributed by atoms with Crippen molar-refractivity contribution in [3.05, 3.63) is 71.9 Å². The first-order valence-electron chi connectivity index (χ1n) is 14.9. The Morgan fingerprint density at radius 1 is 1.02 bits per heavy atom. The maximum absolute atomic E-state index is 14.0. The molecule has 6 rings (SSSR count). The molecule has 1 unspecified atom stereocenters. The molecule has 3 fully saturated rings. The lowest BCUT2D eigenvalue weighted by Gasteiger charge is -2.31. The number of amides is 4. The van der Waals surface area contributed by atoms with Gasteiger partial charge in [0.25, 0.3) is 11.8 Å². The van der Waals surface area contributed by atoms with Gasteiger partial charge in [-0.25, -0.2) is 0 Å². The molecule has 10 heteroatoms. The third kappa shape index (κ3) is 5.63. The molecule has 3 aliphatic rings. The fourth-order valence-corrected chi connectivity index (χ4v) is 6.98. The van der Waals surface area contributed by atoms with E-state index in [1.807, 2.05) is 60.7 Å². The number of fused-ring (bicyclic) bond motifs is 2. The second-order valence-electron chi connectivity index (χ2n) is 11.8. The summed E-state index contributed by atoms with van der Waals surface area (Å²) in [7, 11) is 0. The highest BCUT2D eigenvalue weighted by atomic mass is 16.3. The van der Waals surface area contributed by atoms with Gasteiger partial charge in [-0.05, 0) is 55.2 Å². The van der Waals surface area contributed by atoms with Crippen molar-refractivity contribution in [3.63, 3.8) is 0 Å². The molecule has 5 N–H and O–H groups in total. The number of likely N-dealkylation sites (tertiary alicyclic amines) is 1. The van der Waals surface area contributed by atoms with Crippen LogP contribution in [0.4, 0.5) is 0 Å². The average Bonchev–Trinajstić information content (AvgIpc) is 3.79. The van der Waals surface area contributed by atoms with Crippen LogP contribution in [-0.2, 0) is 20.9 Å². The molecule has 42 heavy (non-hydrogen) atoms. The summed E-state index contributed by atoms with van der Waals surface area (Å²) in [5, 5.41) is 20.6. The van der Waals surface area contributed by atoms with Crippen LogP contribution < -0.4 is 16.0 Å². The van der Waals surface area contributed by atoms with Gasteiger partial charge >= 0.3 is 0 Å². The molecule has 4 amide bonds. The normalized spacial score (nSPS) is 24.7. The van der Waals surface area contributed by atoms with Crippen LogP contribution >= 0.6 is 0 Å². The third-order valence-electron chi connectivity index (χ3n) is 9.17. The predicted octanol–water partition coefficient (Wildman–Crippen LogP) is 2.10. The molecule has 220 valence electrons. The minimum absolute atomic E-state index is 0.00203. The number of carbonyl (C=O) groups excluding carboxylic acids is 4. The first kappa shape index (κ1) is 28.0. The Bertz CT molecular complexity index is 1440. The van der Waals surface area contributed by atoms with E-state index in [2.05, 4.69) is 20.9 Å². The Morgan fingerprint density at radius 2 is 1.81 bits per heavy atom. The van der Waals surface area contributed by atoms with Crippen LogP contribution in [0.2, 0.25) is 0 Å². The number of H-pyrrole nitrogens is 1. The summed E-state index contributed by atoms with van der Waals surface area (Å²) >= 11 is 0. The lowest BCUT2D eigenvalue weighted by Crippen LogP contribution is -2.56. The molecule has 1 aromatic heterocycles. The number of benzene rings is 2. The van der Waals surface area contributed by atoms with Gasteiger partial charge in [0, 0.05) is 36.5 Å². The zero-order chi connectivity index (χ0) is 29.2. The standard InChI is InChI=1S/C32H37N5O5/c38-28(31(41)34-17-19-7-2-1-3-8-19)25(16-21-13-14-33-29(21)39)36-30(40)27-23-11-6-10-22(23)18-37(27)32(42)26-15-20-9-4-5-12-24(20)35-26/h1-5,7-9,12,15,21-23,25,27-28,35,38H,6,10-11,13-14,16-18H2,(H,33,39)(H,34,41)(H,36,40)/t21-,22-,23-,25-,27-,28?/m0/s1. The minimum atomic E-state index is -1.57. The molecule has 2 aliphatic heterocycles. The molecule has 6 atom stereocenters. The molecule has 2 aromatic carbocycles. The largest absolute Gasteiger partial charge is 0.381 e. The molecule has 0 radical (unpaired) electrons. The van der Waals surface area contributed by atoms with Crippen molar-refractivity contribution in [1.82, 2.24) is 25.8 Å². The van der Waals surface area contributed by atoms with Gasteiger partial charge in [0.2, 0.25) is 11.8 Å². The van der Waals surface area contributed by atoms with E-state index in [4.69, 9.17) is 0 Å². The van der Waals surface area contributed by atoms with Gasteiger partial charge in [-0.3, -0.25) is 19.2 Å². The van der Waals surface area contributed by atoms with Crippen LogP contribution in [0.25, 0.3) is 10.9 Å². The molecular weight excluding hydrogens is 534 g/mol. The van der Waals surface area contributed by atoms with Gasteiger partial charge < -0.3 is 30.9 Å². The summed E-state index contributed by atoms with van der Waals surface area (Å²) in [6, 6.07) is 17.1. The summed E-state index contributed by atoms with van der Waals surface area (Å²) < 4.78 is 0. The van der Waals surface area contributed by atoms with Crippen LogP contribution in [0.15, 0.2) is 60.7 Å². The van der Waals surface area contributed by atoms with Crippen LogP contribution in [0, 0.1) is 17.8 Å². The number of hydrogen-bond donors (Lipinski definition) is 5. The summed E-state index contributed by atoms with van der Waals surface area (Å²) in [6.45, 7) is 1.22. The Morgan fingerprint density at radius 3 is 2.57 bits per heavy atom. The van der Waals surface area contributed by atoms with Crippen molar-refractivity contribution in [3.8, 4) is 0 Å². The summed E-state index contributed by atoms with van der Waals surface area (Å²) in [5.41, 5.74) is 2.15. The zero-order valence-electron chi connectivity index (χ0n) is 23.4. The van der Waals surface area contributed by atoms with Crippen molar-refractivity contribution in [2.24, 2.45) is 17.8 Å². The van der Waals surface area contributed by atoms with E-state index >= 15 is 0 Å². The van der Waals surface area contributed by atoms with E-state index in [-0.39, 0.29) is 36.6 Å². The Kier molecular flexibility index (Phi) is 7.97. The van der Waals surface area contributed by atoms with E-state index in [0.29, 0.717) is 25.2 Å². The van der Waals surface area contributed by atoms with Crippen molar-refractivity contribution in [1.29, 1.82) is 0 Å². The van der Waals surface area contributed by atoms with Gasteiger partial charge in [0.15, 0.2) is 6.10 Å². The summed E-state index contributed by atoms with van der Waals surface area (Å²) in [5.74, 6) is -1.64. The number of hydrogen-bond acceptors (Lipinski definition) is 5. The molecule has 2 saturated heterocycles. The van der Waals surface area contributed by atoms with Crippen LogP contribution in [-0.4, -0.2) is 69.9 Å². The number of aromatic amines is 1. The smallest absolute Gasteiger partial charge is 0.271 e. The second-order valence-corrected chi connectivity index (χ2v) is 11.8. The molecule has 0 bridgehead atoms. The molecular formula is C32H37N5O5. The molecule has 1 saturated carbocycles. The van der Waals surface area contributed by atoms with Gasteiger partial charge in [0.05, 0.1) is 6.04 Å². The SMILES string of the molecule is O=C(NCc1ccccc1)C(O)[C@H](C[C@@H]1CCNC1=O)NC(=O)[C@@H]1[C@H]2CCC[C@H]2CN1C(=O)c1cc2ccccc2[nH]1. The Hall–Kier alpha value is -4.18. The topological polar surface area (TPSA) is 144 Å². The van der Waals surface area contributed by atoms with Crippen LogP contribution in [0.3, 0.4) is 0 Å². The number of para-hydroxylation sites is 1. The monoisotopic (exact) mass is 571 g/mol. The lowest BCUT2D eigenvalue weighted by molar-refractivity contribution is -0.135. The number of rotatable bonds is 9. The maximum Gasteiger partial charge on any atom is 0.271 e. The van der Waals surface area contributed by atoms with E-state index in [1.54, 1.807) is 4.90 Å². The number of nitrogens with zero attached hydrogens (tertiary/aromatic N) is 1. The molecule has 0 spiro atoms. The van der Waals surface area contributed by atoms with E-state index in [1.165, 1.54) is 0 Å². The molecule has 3 heterocycles. The summed E-state index contributed by atoms with van der Waals surface area (Å²) in [4.78, 5) is 58.1. The van der Waals surface area contributed by atoms with Crippen molar-refractivity contribution < 1.29 is 24.3 Å². The van der Waals surface area contributed by atoms with Crippen molar-refractivity contribution in [2.45, 2.75) is 56.8 Å². The fraction of sp³-hybridized carbons (Fsp3) is 0.438. The van der Waals surface area contributed by atoms with Gasteiger partial charge in [-0.15, -0.1) is 0 Å². The molecule has 1 aliphatic carbocycles. The zero-order valence-corrected chi connectivity index (χ0v) is 23.4. The number of carbonyl (C=O) groups is 4. The first-order valence-corrected chi connectivity index (χ1v) is 14.9. The fourth-order valence-electron chi connectivity index (χ4n) is 6.98. The van der Waals surface area contributed by atoms with Crippen molar-refractivity contribution in [2.75, 3.05) is 13.1 Å². The van der Waals surface area contributed by atoms with E-state index < -0.39 is 35.9 Å². The highest BCUT2D eigenvalue weighted by molar-refractivity contribution is 6.00. The average molecular weight is 572 g/mol. The predicted molar refractivity (Wildman–Crippen MR) is 156 cm³/mol. The second kappa shape index (κ2) is 12.0. The number of aliphatic hydroxyl groups is 1. The summed E-state index contributed by atoms with van der Waals surface area (Å²) in [6.07, 6.45) is 1.88. The van der Waals surface area contributed by atoms with Gasteiger partial charge in [0.1, 0.15) is 11.7 Å². The van der Waals surface area contributed by atoms with Gasteiger partial charge in [-0.1, -0.05) is 55.0 Å². The minimum Gasteiger partial charge on any atom is -0.381 e. The van der Waals surface area contributed by atoms with E-state index in [0.717, 1.165) is 35.7 Å². The quantitative estimate of drug-likeness (QED) is 0.267. The number of aliphatic hydroxyl groups excluding tert-OH is 1. The van der Waals surface area contributed by atoms with Gasteiger partial charge in [-0.2, -0.15) is 0 Å².